The number of hydrogen-bond acceptors (Lipinski definition) is 2. The van der Waals surface area contributed by atoms with Crippen molar-refractivity contribution >= 4 is 5.91 Å². The second-order valence-electron chi connectivity index (χ2n) is 5.77. The van der Waals surface area contributed by atoms with Crippen LogP contribution in [0.1, 0.15) is 46.5 Å². The molecule has 0 aromatic rings. The Morgan fingerprint density at radius 2 is 2.00 bits per heavy atom. The monoisotopic (exact) mass is 226 g/mol. The minimum absolute atomic E-state index is 0.176. The summed E-state index contributed by atoms with van der Waals surface area (Å²) in [7, 11) is 0. The van der Waals surface area contributed by atoms with Gasteiger partial charge in [-0.15, -0.1) is 0 Å². The third kappa shape index (κ3) is 3.21. The van der Waals surface area contributed by atoms with Gasteiger partial charge in [-0.25, -0.2) is 0 Å². The first-order valence-corrected chi connectivity index (χ1v) is 6.48. The van der Waals surface area contributed by atoms with Crippen LogP contribution in [-0.2, 0) is 4.79 Å². The van der Waals surface area contributed by atoms with E-state index in [1.807, 2.05) is 0 Å². The maximum absolute atomic E-state index is 12.2. The molecule has 0 aromatic heterocycles. The molecule has 0 aromatic carbocycles. The Kier molecular flexibility index (Phi) is 4.78. The van der Waals surface area contributed by atoms with Crippen molar-refractivity contribution in [1.82, 2.24) is 5.32 Å². The summed E-state index contributed by atoms with van der Waals surface area (Å²) >= 11 is 0. The van der Waals surface area contributed by atoms with Crippen molar-refractivity contribution in [3.05, 3.63) is 0 Å². The van der Waals surface area contributed by atoms with E-state index in [1.165, 1.54) is 0 Å². The number of hydrogen-bond donors (Lipinski definition) is 2. The van der Waals surface area contributed by atoms with Crippen LogP contribution in [0.5, 0.6) is 0 Å². The van der Waals surface area contributed by atoms with Gasteiger partial charge in [-0.05, 0) is 37.5 Å². The molecule has 0 aliphatic heterocycles. The third-order valence-corrected chi connectivity index (χ3v) is 3.77. The van der Waals surface area contributed by atoms with Gasteiger partial charge >= 0.3 is 0 Å². The first kappa shape index (κ1) is 13.5. The van der Waals surface area contributed by atoms with Crippen LogP contribution >= 0.6 is 0 Å². The number of nitrogens with two attached hydrogens (primary N) is 1. The molecule has 1 rings (SSSR count). The van der Waals surface area contributed by atoms with Gasteiger partial charge in [-0.2, -0.15) is 0 Å². The molecule has 0 heterocycles. The molecule has 0 saturated heterocycles. The first-order chi connectivity index (χ1) is 7.50. The molecule has 16 heavy (non-hydrogen) atoms. The van der Waals surface area contributed by atoms with Crippen LogP contribution in [0.15, 0.2) is 0 Å². The molecule has 3 nitrogen and oxygen atoms in total. The van der Waals surface area contributed by atoms with E-state index in [1.54, 1.807) is 0 Å². The maximum Gasteiger partial charge on any atom is 0.227 e. The van der Waals surface area contributed by atoms with Crippen molar-refractivity contribution in [1.29, 1.82) is 0 Å². The number of carbonyl (C=O) groups excluding carboxylic acids is 1. The minimum atomic E-state index is -0.276. The molecule has 3 heteroatoms. The molecule has 1 aliphatic carbocycles. The van der Waals surface area contributed by atoms with Crippen molar-refractivity contribution in [3.63, 3.8) is 0 Å². The summed E-state index contributed by atoms with van der Waals surface area (Å²) < 4.78 is 0. The van der Waals surface area contributed by atoms with Crippen LogP contribution in [0.4, 0.5) is 0 Å². The van der Waals surface area contributed by atoms with Crippen molar-refractivity contribution in [3.8, 4) is 0 Å². The van der Waals surface area contributed by atoms with Gasteiger partial charge in [0, 0.05) is 13.1 Å². The lowest BCUT2D eigenvalue weighted by molar-refractivity contribution is -0.133. The Bertz CT molecular complexity index is 230. The normalized spacial score (nSPS) is 30.4. The highest BCUT2D eigenvalue weighted by atomic mass is 16.2. The lowest BCUT2D eigenvalue weighted by Crippen LogP contribution is -2.48. The minimum Gasteiger partial charge on any atom is -0.355 e. The molecular weight excluding hydrogens is 200 g/mol. The van der Waals surface area contributed by atoms with Crippen LogP contribution in [0, 0.1) is 17.3 Å². The van der Waals surface area contributed by atoms with Crippen molar-refractivity contribution in [2.45, 2.75) is 46.5 Å². The van der Waals surface area contributed by atoms with Gasteiger partial charge in [0.15, 0.2) is 0 Å². The van der Waals surface area contributed by atoms with Crippen LogP contribution in [0.3, 0.4) is 0 Å². The van der Waals surface area contributed by atoms with Crippen LogP contribution < -0.4 is 11.1 Å². The molecular formula is C13H26N2O. The number of carbonyl (C=O) groups is 1. The molecule has 0 atom stereocenters. The zero-order valence-corrected chi connectivity index (χ0v) is 10.9. The van der Waals surface area contributed by atoms with Crippen LogP contribution in [0.25, 0.3) is 0 Å². The van der Waals surface area contributed by atoms with Crippen molar-refractivity contribution in [2.75, 3.05) is 13.1 Å². The zero-order chi connectivity index (χ0) is 12.2. The van der Waals surface area contributed by atoms with Gasteiger partial charge in [0.25, 0.3) is 0 Å². The highest BCUT2D eigenvalue weighted by Gasteiger charge is 2.39. The number of nitrogens with one attached hydrogen (secondary N) is 1. The quantitative estimate of drug-likeness (QED) is 0.769. The summed E-state index contributed by atoms with van der Waals surface area (Å²) in [6.45, 7) is 7.73. The largest absolute Gasteiger partial charge is 0.355 e. The molecule has 1 aliphatic rings. The van der Waals surface area contributed by atoms with E-state index in [4.69, 9.17) is 5.73 Å². The van der Waals surface area contributed by atoms with Gasteiger partial charge < -0.3 is 11.1 Å². The molecule has 1 saturated carbocycles. The molecule has 0 radical (unpaired) electrons. The van der Waals surface area contributed by atoms with E-state index in [9.17, 15) is 4.79 Å². The van der Waals surface area contributed by atoms with Gasteiger partial charge in [-0.1, -0.05) is 20.8 Å². The van der Waals surface area contributed by atoms with E-state index in [-0.39, 0.29) is 11.3 Å². The third-order valence-electron chi connectivity index (χ3n) is 3.77. The summed E-state index contributed by atoms with van der Waals surface area (Å²) in [6, 6.07) is 0. The fourth-order valence-electron chi connectivity index (χ4n) is 2.32. The first-order valence-electron chi connectivity index (χ1n) is 6.48. The molecule has 0 unspecified atom stereocenters. The Morgan fingerprint density at radius 3 is 2.44 bits per heavy atom. The second kappa shape index (κ2) is 5.67. The number of amides is 1. The van der Waals surface area contributed by atoms with E-state index >= 15 is 0 Å². The topological polar surface area (TPSA) is 55.1 Å². The molecule has 3 N–H and O–H groups in total. The SMILES string of the molecule is CC(C)CNC(=O)C1(CN)CCC(C)CC1. The van der Waals surface area contributed by atoms with Gasteiger partial charge in [0.1, 0.15) is 0 Å². The van der Waals surface area contributed by atoms with Crippen LogP contribution in [0.2, 0.25) is 0 Å². The summed E-state index contributed by atoms with van der Waals surface area (Å²) in [6.07, 6.45) is 4.17. The van der Waals surface area contributed by atoms with Crippen LogP contribution in [-0.4, -0.2) is 19.0 Å². The summed E-state index contributed by atoms with van der Waals surface area (Å²) in [4.78, 5) is 12.2. The average molecular weight is 226 g/mol. The van der Waals surface area contributed by atoms with Crippen molar-refractivity contribution in [2.24, 2.45) is 23.0 Å². The van der Waals surface area contributed by atoms with E-state index in [0.29, 0.717) is 12.5 Å². The van der Waals surface area contributed by atoms with E-state index in [0.717, 1.165) is 38.1 Å². The summed E-state index contributed by atoms with van der Waals surface area (Å²) in [5.41, 5.74) is 5.55. The second-order valence-corrected chi connectivity index (χ2v) is 5.77. The van der Waals surface area contributed by atoms with Gasteiger partial charge in [0.05, 0.1) is 5.41 Å². The smallest absolute Gasteiger partial charge is 0.227 e. The van der Waals surface area contributed by atoms with Gasteiger partial charge in [0.2, 0.25) is 5.91 Å². The highest BCUT2D eigenvalue weighted by Crippen LogP contribution is 2.38. The van der Waals surface area contributed by atoms with E-state index < -0.39 is 0 Å². The van der Waals surface area contributed by atoms with Crippen molar-refractivity contribution < 1.29 is 4.79 Å². The lowest BCUT2D eigenvalue weighted by Gasteiger charge is -2.37. The Hall–Kier alpha value is -0.570. The highest BCUT2D eigenvalue weighted by molar-refractivity contribution is 5.83. The standard InChI is InChI=1S/C13H26N2O/c1-10(2)8-15-12(16)13(9-14)6-4-11(3)5-7-13/h10-11H,4-9,14H2,1-3H3,(H,15,16). The molecule has 0 spiro atoms. The molecule has 94 valence electrons. The predicted molar refractivity (Wildman–Crippen MR) is 67.0 cm³/mol. The predicted octanol–water partition coefficient (Wildman–Crippen LogP) is 1.91. The Balaban J connectivity index is 2.55. The molecule has 0 bridgehead atoms. The fourth-order valence-corrected chi connectivity index (χ4v) is 2.32. The Morgan fingerprint density at radius 1 is 1.44 bits per heavy atom. The zero-order valence-electron chi connectivity index (χ0n) is 10.9. The summed E-state index contributed by atoms with van der Waals surface area (Å²) in [5.74, 6) is 1.43. The average Bonchev–Trinajstić information content (AvgIpc) is 2.27. The lowest BCUT2D eigenvalue weighted by atomic mass is 9.70. The molecule has 1 amide bonds. The maximum atomic E-state index is 12.2. The number of rotatable bonds is 4. The summed E-state index contributed by atoms with van der Waals surface area (Å²) in [5, 5.41) is 3.04. The Labute approximate surface area is 99.2 Å². The van der Waals surface area contributed by atoms with E-state index in [2.05, 4.69) is 26.1 Å². The van der Waals surface area contributed by atoms with Gasteiger partial charge in [-0.3, -0.25) is 4.79 Å². The molecule has 1 fully saturated rings. The fraction of sp³-hybridized carbons (Fsp3) is 0.923.